The molecule has 2 rings (SSSR count). The third kappa shape index (κ3) is 4.64. The molecule has 1 unspecified atom stereocenters. The lowest BCUT2D eigenvalue weighted by Crippen LogP contribution is -2.48. The summed E-state index contributed by atoms with van der Waals surface area (Å²) in [6, 6.07) is 4.28. The average molecular weight is 265 g/mol. The van der Waals surface area contributed by atoms with Crippen LogP contribution in [0.1, 0.15) is 32.1 Å². The highest BCUT2D eigenvalue weighted by atomic mass is 16.3. The van der Waals surface area contributed by atoms with E-state index in [1.165, 1.54) is 39.1 Å². The molecule has 0 bridgehead atoms. The van der Waals surface area contributed by atoms with E-state index in [1.807, 2.05) is 12.1 Å². The largest absolute Gasteiger partial charge is 0.468 e. The van der Waals surface area contributed by atoms with Gasteiger partial charge in [-0.3, -0.25) is 4.90 Å². The van der Waals surface area contributed by atoms with E-state index in [-0.39, 0.29) is 0 Å². The summed E-state index contributed by atoms with van der Waals surface area (Å²) in [5.41, 5.74) is 0. The molecule has 0 saturated carbocycles. The minimum atomic E-state index is 0.302. The summed E-state index contributed by atoms with van der Waals surface area (Å²) in [5.74, 6) is 1.02. The lowest BCUT2D eigenvalue weighted by atomic mass is 10.2. The fourth-order valence-electron chi connectivity index (χ4n) is 2.63. The molecule has 4 heteroatoms. The van der Waals surface area contributed by atoms with Gasteiger partial charge >= 0.3 is 0 Å². The van der Waals surface area contributed by atoms with Crippen molar-refractivity contribution < 1.29 is 4.42 Å². The molecule has 0 amide bonds. The standard InChI is InChI=1S/C15H27N3O/c1-3-7-17-9-11-18(12-10-17)8-6-16-14(2)15-5-4-13-19-15/h4-5,13-14,16H,3,6-12H2,1-2H3. The van der Waals surface area contributed by atoms with Crippen LogP contribution in [0, 0.1) is 0 Å². The van der Waals surface area contributed by atoms with Crippen molar-refractivity contribution >= 4 is 0 Å². The molecular formula is C15H27N3O. The molecular weight excluding hydrogens is 238 g/mol. The van der Waals surface area contributed by atoms with Crippen molar-refractivity contribution in [3.05, 3.63) is 24.2 Å². The summed E-state index contributed by atoms with van der Waals surface area (Å²) >= 11 is 0. The van der Waals surface area contributed by atoms with Crippen molar-refractivity contribution in [2.45, 2.75) is 26.3 Å². The number of nitrogens with one attached hydrogen (secondary N) is 1. The van der Waals surface area contributed by atoms with Crippen molar-refractivity contribution in [2.24, 2.45) is 0 Å². The van der Waals surface area contributed by atoms with E-state index in [0.29, 0.717) is 6.04 Å². The van der Waals surface area contributed by atoms with E-state index < -0.39 is 0 Å². The van der Waals surface area contributed by atoms with Crippen molar-refractivity contribution in [3.8, 4) is 0 Å². The van der Waals surface area contributed by atoms with E-state index in [0.717, 1.165) is 18.8 Å². The van der Waals surface area contributed by atoms with E-state index >= 15 is 0 Å². The molecule has 1 fully saturated rings. The predicted molar refractivity (Wildman–Crippen MR) is 78.3 cm³/mol. The summed E-state index contributed by atoms with van der Waals surface area (Å²) in [6.45, 7) is 12.7. The maximum Gasteiger partial charge on any atom is 0.120 e. The third-order valence-electron chi connectivity index (χ3n) is 3.85. The quantitative estimate of drug-likeness (QED) is 0.816. The maximum atomic E-state index is 5.40. The minimum absolute atomic E-state index is 0.302. The Balaban J connectivity index is 1.59. The van der Waals surface area contributed by atoms with E-state index in [1.54, 1.807) is 6.26 Å². The van der Waals surface area contributed by atoms with Crippen LogP contribution in [0.25, 0.3) is 0 Å². The number of hydrogen-bond acceptors (Lipinski definition) is 4. The van der Waals surface area contributed by atoms with Crippen LogP contribution in [0.15, 0.2) is 22.8 Å². The van der Waals surface area contributed by atoms with Crippen molar-refractivity contribution in [2.75, 3.05) is 45.8 Å². The molecule has 1 aliphatic rings. The van der Waals surface area contributed by atoms with Gasteiger partial charge in [0.1, 0.15) is 5.76 Å². The number of rotatable bonds is 7. The molecule has 1 atom stereocenters. The summed E-state index contributed by atoms with van der Waals surface area (Å²) in [5, 5.41) is 3.52. The van der Waals surface area contributed by atoms with Crippen LogP contribution in [-0.4, -0.2) is 55.6 Å². The Morgan fingerprint density at radius 1 is 1.21 bits per heavy atom. The van der Waals surface area contributed by atoms with Gasteiger partial charge in [-0.2, -0.15) is 0 Å². The second-order valence-corrected chi connectivity index (χ2v) is 5.37. The molecule has 1 N–H and O–H groups in total. The zero-order valence-electron chi connectivity index (χ0n) is 12.3. The molecule has 2 heterocycles. The normalized spacial score (nSPS) is 19.7. The van der Waals surface area contributed by atoms with Gasteiger partial charge in [0.15, 0.2) is 0 Å². The number of furan rings is 1. The van der Waals surface area contributed by atoms with Gasteiger partial charge in [0.2, 0.25) is 0 Å². The molecule has 4 nitrogen and oxygen atoms in total. The Labute approximate surface area is 116 Å². The molecule has 0 aromatic carbocycles. The molecule has 19 heavy (non-hydrogen) atoms. The predicted octanol–water partition coefficient (Wildman–Crippen LogP) is 1.96. The minimum Gasteiger partial charge on any atom is -0.468 e. The maximum absolute atomic E-state index is 5.40. The second kappa shape index (κ2) is 7.68. The second-order valence-electron chi connectivity index (χ2n) is 5.37. The third-order valence-corrected chi connectivity index (χ3v) is 3.85. The molecule has 0 radical (unpaired) electrons. The Morgan fingerprint density at radius 2 is 1.89 bits per heavy atom. The molecule has 1 saturated heterocycles. The molecule has 1 aliphatic heterocycles. The van der Waals surface area contributed by atoms with Gasteiger partial charge in [-0.05, 0) is 32.0 Å². The lowest BCUT2D eigenvalue weighted by molar-refractivity contribution is 0.132. The Morgan fingerprint density at radius 3 is 2.47 bits per heavy atom. The first kappa shape index (κ1) is 14.6. The highest BCUT2D eigenvalue weighted by Gasteiger charge is 2.15. The Kier molecular flexibility index (Phi) is 5.89. The highest BCUT2D eigenvalue weighted by Crippen LogP contribution is 2.11. The first-order chi connectivity index (χ1) is 9.29. The molecule has 1 aromatic rings. The smallest absolute Gasteiger partial charge is 0.120 e. The Hall–Kier alpha value is -0.840. The summed E-state index contributed by atoms with van der Waals surface area (Å²) in [6.07, 6.45) is 3.00. The summed E-state index contributed by atoms with van der Waals surface area (Å²) in [7, 11) is 0. The first-order valence-electron chi connectivity index (χ1n) is 7.51. The fourth-order valence-corrected chi connectivity index (χ4v) is 2.63. The van der Waals surface area contributed by atoms with Gasteiger partial charge in [-0.25, -0.2) is 0 Å². The summed E-state index contributed by atoms with van der Waals surface area (Å²) < 4.78 is 5.40. The lowest BCUT2D eigenvalue weighted by Gasteiger charge is -2.34. The van der Waals surface area contributed by atoms with Gasteiger partial charge in [0.25, 0.3) is 0 Å². The van der Waals surface area contributed by atoms with Gasteiger partial charge in [-0.15, -0.1) is 0 Å². The zero-order valence-corrected chi connectivity index (χ0v) is 12.3. The summed E-state index contributed by atoms with van der Waals surface area (Å²) in [4.78, 5) is 5.11. The van der Waals surface area contributed by atoms with Crippen LogP contribution in [0.2, 0.25) is 0 Å². The monoisotopic (exact) mass is 265 g/mol. The van der Waals surface area contributed by atoms with Crippen molar-refractivity contribution in [3.63, 3.8) is 0 Å². The average Bonchev–Trinajstić information content (AvgIpc) is 2.95. The van der Waals surface area contributed by atoms with Crippen LogP contribution in [-0.2, 0) is 0 Å². The van der Waals surface area contributed by atoms with Crippen LogP contribution in [0.4, 0.5) is 0 Å². The van der Waals surface area contributed by atoms with Gasteiger partial charge < -0.3 is 14.6 Å². The van der Waals surface area contributed by atoms with Gasteiger partial charge in [-0.1, -0.05) is 6.92 Å². The van der Waals surface area contributed by atoms with E-state index in [4.69, 9.17) is 4.42 Å². The first-order valence-corrected chi connectivity index (χ1v) is 7.51. The Bertz CT molecular complexity index is 331. The van der Waals surface area contributed by atoms with Gasteiger partial charge in [0.05, 0.1) is 12.3 Å². The molecule has 0 aliphatic carbocycles. The van der Waals surface area contributed by atoms with Crippen LogP contribution in [0.5, 0.6) is 0 Å². The molecule has 108 valence electrons. The zero-order chi connectivity index (χ0) is 13.5. The SMILES string of the molecule is CCCN1CCN(CCNC(C)c2ccco2)CC1. The van der Waals surface area contributed by atoms with Crippen LogP contribution >= 0.6 is 0 Å². The number of nitrogens with zero attached hydrogens (tertiary/aromatic N) is 2. The highest BCUT2D eigenvalue weighted by molar-refractivity contribution is 5.02. The van der Waals surface area contributed by atoms with Crippen LogP contribution < -0.4 is 5.32 Å². The number of piperazine rings is 1. The van der Waals surface area contributed by atoms with Crippen LogP contribution in [0.3, 0.4) is 0 Å². The van der Waals surface area contributed by atoms with Crippen molar-refractivity contribution in [1.29, 1.82) is 0 Å². The molecule has 1 aromatic heterocycles. The number of hydrogen-bond donors (Lipinski definition) is 1. The fraction of sp³-hybridized carbons (Fsp3) is 0.733. The topological polar surface area (TPSA) is 31.6 Å². The van der Waals surface area contributed by atoms with E-state index in [9.17, 15) is 0 Å². The van der Waals surface area contributed by atoms with E-state index in [2.05, 4.69) is 29.0 Å². The molecule has 0 spiro atoms. The van der Waals surface area contributed by atoms with Crippen molar-refractivity contribution in [1.82, 2.24) is 15.1 Å². The van der Waals surface area contributed by atoms with Gasteiger partial charge in [0, 0.05) is 39.3 Å².